The zero-order valence-corrected chi connectivity index (χ0v) is 25.6. The first-order chi connectivity index (χ1) is 22.2. The van der Waals surface area contributed by atoms with Crippen molar-refractivity contribution in [3.63, 3.8) is 0 Å². The van der Waals surface area contributed by atoms with Crippen molar-refractivity contribution in [2.45, 2.75) is 25.5 Å². The van der Waals surface area contributed by atoms with Gasteiger partial charge in [-0.1, -0.05) is 108 Å². The summed E-state index contributed by atoms with van der Waals surface area (Å²) in [5.74, 6) is 1.52. The molecule has 0 saturated carbocycles. The van der Waals surface area contributed by atoms with E-state index in [1.165, 1.54) is 22.5 Å². The Morgan fingerprint density at radius 3 is 2.49 bits per heavy atom. The van der Waals surface area contributed by atoms with E-state index >= 15 is 0 Å². The van der Waals surface area contributed by atoms with Gasteiger partial charge in [-0.3, -0.25) is 9.36 Å². The molecular formula is C39H30N2O3S. The lowest BCUT2D eigenvalue weighted by Gasteiger charge is -2.30. The van der Waals surface area contributed by atoms with E-state index in [-0.39, 0.29) is 11.6 Å². The third kappa shape index (κ3) is 4.88. The van der Waals surface area contributed by atoms with E-state index in [1.807, 2.05) is 59.2 Å². The lowest BCUT2D eigenvalue weighted by molar-refractivity contribution is 0.306. The monoisotopic (exact) mass is 606 g/mol. The molecule has 5 aromatic carbocycles. The maximum Gasteiger partial charge on any atom is 0.271 e. The highest BCUT2D eigenvalue weighted by Crippen LogP contribution is 2.41. The van der Waals surface area contributed by atoms with E-state index in [0.29, 0.717) is 15.9 Å². The molecule has 1 aromatic heterocycles. The number of methoxy groups -OCH3 is 1. The summed E-state index contributed by atoms with van der Waals surface area (Å²) in [6.45, 7) is 0.435. The number of aryl methyl sites for hydroxylation is 1. The minimum Gasteiger partial charge on any atom is -0.497 e. The van der Waals surface area contributed by atoms with Crippen LogP contribution in [0.1, 0.15) is 40.3 Å². The van der Waals surface area contributed by atoms with Crippen LogP contribution < -0.4 is 24.4 Å². The molecule has 1 atom stereocenters. The third-order valence-corrected chi connectivity index (χ3v) is 9.73. The number of nitrogens with zero attached hydrogens (tertiary/aromatic N) is 2. The molecule has 0 radical (unpaired) electrons. The van der Waals surface area contributed by atoms with Crippen molar-refractivity contribution in [1.82, 2.24) is 4.57 Å². The molecular weight excluding hydrogens is 577 g/mol. The van der Waals surface area contributed by atoms with Crippen LogP contribution in [0.25, 0.3) is 22.5 Å². The van der Waals surface area contributed by atoms with Gasteiger partial charge in [0.2, 0.25) is 0 Å². The van der Waals surface area contributed by atoms with Crippen LogP contribution in [-0.2, 0) is 13.0 Å². The number of thiazole rings is 1. The van der Waals surface area contributed by atoms with E-state index in [4.69, 9.17) is 14.5 Å². The minimum absolute atomic E-state index is 0.0491. The number of fused-ring (bicyclic) bond motifs is 4. The van der Waals surface area contributed by atoms with Crippen LogP contribution in [0, 0.1) is 0 Å². The molecule has 2 heterocycles. The fraction of sp³-hybridized carbons (Fsp3) is 0.128. The predicted octanol–water partition coefficient (Wildman–Crippen LogP) is 7.06. The molecule has 1 aliphatic carbocycles. The molecule has 6 heteroatoms. The topological polar surface area (TPSA) is 52.8 Å². The van der Waals surface area contributed by atoms with Gasteiger partial charge >= 0.3 is 0 Å². The summed E-state index contributed by atoms with van der Waals surface area (Å²) in [5.41, 5.74) is 7.58. The zero-order valence-electron chi connectivity index (χ0n) is 24.8. The molecule has 5 nitrogen and oxygen atoms in total. The molecule has 0 unspecified atom stereocenters. The molecule has 0 fully saturated rings. The van der Waals surface area contributed by atoms with Gasteiger partial charge in [-0.2, -0.15) is 0 Å². The normalized spacial score (nSPS) is 15.7. The first-order valence-electron chi connectivity index (χ1n) is 15.1. The number of hydrogen-bond donors (Lipinski definition) is 0. The lowest BCUT2D eigenvalue weighted by Crippen LogP contribution is -2.38. The largest absolute Gasteiger partial charge is 0.497 e. The average Bonchev–Trinajstić information content (AvgIpc) is 3.41. The second-order valence-corrected chi connectivity index (χ2v) is 12.4. The molecule has 0 amide bonds. The van der Waals surface area contributed by atoms with Crippen molar-refractivity contribution < 1.29 is 9.47 Å². The molecule has 2 aliphatic rings. The second kappa shape index (κ2) is 11.4. The SMILES string of the molecule is COc1ccc([C@H]2C3=C(N=c4s/c(=C\c5c(OCc6ccccc6)ccc6ccccc56)c(=O)n42)c2ccccc2CC3)cc1. The van der Waals surface area contributed by atoms with E-state index in [2.05, 4.69) is 66.7 Å². The summed E-state index contributed by atoms with van der Waals surface area (Å²) < 4.78 is 14.4. The lowest BCUT2D eigenvalue weighted by atomic mass is 9.83. The van der Waals surface area contributed by atoms with Crippen LogP contribution in [0.5, 0.6) is 11.5 Å². The molecule has 0 N–H and O–H groups in total. The maximum absolute atomic E-state index is 14.5. The van der Waals surface area contributed by atoms with Crippen LogP contribution in [0.3, 0.4) is 0 Å². The third-order valence-electron chi connectivity index (χ3n) is 8.75. The summed E-state index contributed by atoms with van der Waals surface area (Å²) in [7, 11) is 1.67. The molecule has 220 valence electrons. The van der Waals surface area contributed by atoms with Crippen LogP contribution in [-0.4, -0.2) is 11.7 Å². The highest BCUT2D eigenvalue weighted by molar-refractivity contribution is 7.07. The summed E-state index contributed by atoms with van der Waals surface area (Å²) in [6.07, 6.45) is 3.76. The first kappa shape index (κ1) is 27.4. The van der Waals surface area contributed by atoms with E-state index in [1.54, 1.807) is 7.11 Å². The fourth-order valence-corrected chi connectivity index (χ4v) is 7.51. The summed E-state index contributed by atoms with van der Waals surface area (Å²) in [4.78, 5) is 20.4. The smallest absolute Gasteiger partial charge is 0.271 e. The van der Waals surface area contributed by atoms with Gasteiger partial charge in [-0.05, 0) is 70.2 Å². The van der Waals surface area contributed by atoms with Crippen molar-refractivity contribution in [2.24, 2.45) is 4.99 Å². The van der Waals surface area contributed by atoms with E-state index < -0.39 is 0 Å². The van der Waals surface area contributed by atoms with Gasteiger partial charge in [0.1, 0.15) is 18.1 Å². The predicted molar refractivity (Wildman–Crippen MR) is 180 cm³/mol. The van der Waals surface area contributed by atoms with Crippen molar-refractivity contribution in [3.8, 4) is 11.5 Å². The number of aromatic nitrogens is 1. The van der Waals surface area contributed by atoms with Crippen LogP contribution in [0.4, 0.5) is 0 Å². The first-order valence-corrected chi connectivity index (χ1v) is 15.9. The van der Waals surface area contributed by atoms with Gasteiger partial charge in [0.25, 0.3) is 5.56 Å². The van der Waals surface area contributed by atoms with Gasteiger partial charge in [0, 0.05) is 11.1 Å². The van der Waals surface area contributed by atoms with Crippen molar-refractivity contribution in [1.29, 1.82) is 0 Å². The number of rotatable bonds is 6. The highest BCUT2D eigenvalue weighted by Gasteiger charge is 2.32. The summed E-state index contributed by atoms with van der Waals surface area (Å²) >= 11 is 1.44. The van der Waals surface area contributed by atoms with Crippen LogP contribution >= 0.6 is 11.3 Å². The van der Waals surface area contributed by atoms with Crippen LogP contribution in [0.2, 0.25) is 0 Å². The number of hydrogen-bond acceptors (Lipinski definition) is 5. The molecule has 8 rings (SSSR count). The molecule has 0 spiro atoms. The Bertz CT molecular complexity index is 2280. The minimum atomic E-state index is -0.251. The average molecular weight is 607 g/mol. The number of ether oxygens (including phenoxy) is 2. The van der Waals surface area contributed by atoms with Gasteiger partial charge in [-0.25, -0.2) is 4.99 Å². The second-order valence-electron chi connectivity index (χ2n) is 11.4. The molecule has 6 aromatic rings. The van der Waals surface area contributed by atoms with E-state index in [9.17, 15) is 4.79 Å². The molecule has 1 aliphatic heterocycles. The molecule has 0 bridgehead atoms. The maximum atomic E-state index is 14.5. The van der Waals surface area contributed by atoms with E-state index in [0.717, 1.165) is 63.1 Å². The van der Waals surface area contributed by atoms with Crippen molar-refractivity contribution in [3.05, 3.63) is 168 Å². The van der Waals surface area contributed by atoms with Gasteiger partial charge < -0.3 is 9.47 Å². The molecule has 0 saturated heterocycles. The Kier molecular flexibility index (Phi) is 6.92. The Labute approximate surface area is 264 Å². The number of allylic oxidation sites excluding steroid dienone is 1. The summed E-state index contributed by atoms with van der Waals surface area (Å²) in [5, 5.41) is 2.13. The quantitative estimate of drug-likeness (QED) is 0.204. The Hall–Kier alpha value is -5.20. The Morgan fingerprint density at radius 1 is 0.867 bits per heavy atom. The van der Waals surface area contributed by atoms with Crippen molar-refractivity contribution in [2.75, 3.05) is 7.11 Å². The zero-order chi connectivity index (χ0) is 30.3. The highest BCUT2D eigenvalue weighted by atomic mass is 32.1. The van der Waals surface area contributed by atoms with Gasteiger partial charge in [-0.15, -0.1) is 0 Å². The van der Waals surface area contributed by atoms with Gasteiger partial charge in [0.15, 0.2) is 4.80 Å². The standard InChI is InChI=1S/C39H30N2O3S/c1-43-29-19-15-28(16-20-29)37-32-21-17-27-12-6-8-14-31(27)36(32)40-39-41(37)38(42)35(45-39)23-33-30-13-7-5-11-26(30)18-22-34(33)44-24-25-9-3-2-4-10-25/h2-16,18-20,22-23,37H,17,21,24H2,1H3/b35-23-/t37-/m0/s1. The summed E-state index contributed by atoms with van der Waals surface area (Å²) in [6, 6.07) is 38.7. The fourth-order valence-electron chi connectivity index (χ4n) is 6.53. The van der Waals surface area contributed by atoms with Crippen LogP contribution in [0.15, 0.2) is 131 Å². The van der Waals surface area contributed by atoms with Crippen molar-refractivity contribution >= 4 is 33.9 Å². The Morgan fingerprint density at radius 2 is 1.64 bits per heavy atom. The number of benzene rings is 5. The molecule has 45 heavy (non-hydrogen) atoms. The Balaban J connectivity index is 1.33. The van der Waals surface area contributed by atoms with Gasteiger partial charge in [0.05, 0.1) is 23.4 Å².